The maximum Gasteiger partial charge on any atom is 0.416 e. The molecule has 0 saturated carbocycles. The molecular formula is C11H10F6. The van der Waals surface area contributed by atoms with Crippen LogP contribution in [0.1, 0.15) is 36.5 Å². The number of alkyl halides is 6. The van der Waals surface area contributed by atoms with E-state index in [0.717, 1.165) is 0 Å². The van der Waals surface area contributed by atoms with Crippen molar-refractivity contribution in [3.05, 3.63) is 34.9 Å². The highest BCUT2D eigenvalue weighted by Crippen LogP contribution is 2.38. The maximum absolute atomic E-state index is 12.6. The van der Waals surface area contributed by atoms with Crippen molar-refractivity contribution in [2.24, 2.45) is 0 Å². The summed E-state index contributed by atoms with van der Waals surface area (Å²) >= 11 is 0. The van der Waals surface area contributed by atoms with Crippen LogP contribution in [0.25, 0.3) is 0 Å². The molecule has 0 fully saturated rings. The third kappa shape index (κ3) is 3.14. The molecule has 0 saturated heterocycles. The van der Waals surface area contributed by atoms with E-state index in [1.54, 1.807) is 0 Å². The van der Waals surface area contributed by atoms with Gasteiger partial charge in [-0.25, -0.2) is 0 Å². The predicted octanol–water partition coefficient (Wildman–Crippen LogP) is 4.85. The van der Waals surface area contributed by atoms with E-state index in [9.17, 15) is 26.3 Å². The Morgan fingerprint density at radius 1 is 0.882 bits per heavy atom. The molecule has 0 amide bonds. The number of halogens is 6. The van der Waals surface area contributed by atoms with Crippen molar-refractivity contribution in [3.63, 3.8) is 0 Å². The van der Waals surface area contributed by atoms with Crippen LogP contribution in [0, 0.1) is 0 Å². The van der Waals surface area contributed by atoms with Crippen LogP contribution in [0.5, 0.6) is 0 Å². The largest absolute Gasteiger partial charge is 0.416 e. The number of rotatable bonds is 1. The topological polar surface area (TPSA) is 0 Å². The molecule has 0 heterocycles. The van der Waals surface area contributed by atoms with Crippen LogP contribution >= 0.6 is 0 Å². The molecule has 1 aromatic carbocycles. The third-order valence-electron chi connectivity index (χ3n) is 2.31. The van der Waals surface area contributed by atoms with Gasteiger partial charge < -0.3 is 0 Å². The minimum Gasteiger partial charge on any atom is -0.166 e. The lowest BCUT2D eigenvalue weighted by molar-refractivity contribution is -0.142. The average molecular weight is 256 g/mol. The lowest BCUT2D eigenvalue weighted by atomic mass is 9.94. The first-order chi connectivity index (χ1) is 7.53. The quantitative estimate of drug-likeness (QED) is 0.630. The number of hydrogen-bond acceptors (Lipinski definition) is 0. The molecule has 6 heteroatoms. The molecule has 0 aliphatic rings. The summed E-state index contributed by atoms with van der Waals surface area (Å²) in [7, 11) is 0. The van der Waals surface area contributed by atoms with E-state index in [-0.39, 0.29) is 5.56 Å². The minimum atomic E-state index is -4.64. The highest BCUT2D eigenvalue weighted by molar-refractivity contribution is 5.37. The van der Waals surface area contributed by atoms with Gasteiger partial charge in [-0.3, -0.25) is 0 Å². The monoisotopic (exact) mass is 256 g/mol. The van der Waals surface area contributed by atoms with Gasteiger partial charge in [0.1, 0.15) is 0 Å². The molecule has 0 N–H and O–H groups in total. The van der Waals surface area contributed by atoms with E-state index >= 15 is 0 Å². The first-order valence-corrected chi connectivity index (χ1v) is 4.82. The van der Waals surface area contributed by atoms with Gasteiger partial charge in [-0.15, -0.1) is 0 Å². The fourth-order valence-corrected chi connectivity index (χ4v) is 1.47. The zero-order valence-electron chi connectivity index (χ0n) is 9.08. The fraction of sp³-hybridized carbons (Fsp3) is 0.455. The van der Waals surface area contributed by atoms with Crippen LogP contribution < -0.4 is 0 Å². The summed E-state index contributed by atoms with van der Waals surface area (Å²) in [6.07, 6.45) is -9.27. The van der Waals surface area contributed by atoms with E-state index < -0.39 is 29.4 Å². The number of hydrogen-bond donors (Lipinski definition) is 0. The first-order valence-electron chi connectivity index (χ1n) is 4.82. The summed E-state index contributed by atoms with van der Waals surface area (Å²) < 4.78 is 74.8. The second kappa shape index (κ2) is 4.23. The summed E-state index contributed by atoms with van der Waals surface area (Å²) in [5, 5.41) is 0. The van der Waals surface area contributed by atoms with E-state index in [0.29, 0.717) is 18.2 Å². The van der Waals surface area contributed by atoms with Gasteiger partial charge in [-0.05, 0) is 29.7 Å². The molecule has 1 rings (SSSR count). The Labute approximate surface area is 94.2 Å². The molecule has 0 aliphatic heterocycles. The average Bonchev–Trinajstić information content (AvgIpc) is 2.14. The molecule has 0 aromatic heterocycles. The SMILES string of the molecule is CC(C)c1cc(C(F)(F)F)ccc1C(F)(F)F. The van der Waals surface area contributed by atoms with E-state index in [2.05, 4.69) is 0 Å². The van der Waals surface area contributed by atoms with E-state index in [4.69, 9.17) is 0 Å². The smallest absolute Gasteiger partial charge is 0.166 e. The summed E-state index contributed by atoms with van der Waals surface area (Å²) in [5.41, 5.74) is -2.41. The first kappa shape index (κ1) is 13.9. The molecular weight excluding hydrogens is 246 g/mol. The minimum absolute atomic E-state index is 0.340. The molecule has 0 radical (unpaired) electrons. The van der Waals surface area contributed by atoms with Gasteiger partial charge in [0.25, 0.3) is 0 Å². The van der Waals surface area contributed by atoms with Crippen molar-refractivity contribution in [2.75, 3.05) is 0 Å². The van der Waals surface area contributed by atoms with Gasteiger partial charge >= 0.3 is 12.4 Å². The second-order valence-electron chi connectivity index (χ2n) is 3.95. The zero-order valence-corrected chi connectivity index (χ0v) is 9.08. The standard InChI is InChI=1S/C11H10F6/c1-6(2)8-5-7(10(12,13)14)3-4-9(8)11(15,16)17/h3-6H,1-2H3. The Balaban J connectivity index is 3.38. The Kier molecular flexibility index (Phi) is 3.45. The lowest BCUT2D eigenvalue weighted by Gasteiger charge is -2.17. The Hall–Kier alpha value is -1.20. The number of benzene rings is 1. The molecule has 0 spiro atoms. The molecule has 96 valence electrons. The van der Waals surface area contributed by atoms with Crippen molar-refractivity contribution in [1.82, 2.24) is 0 Å². The third-order valence-corrected chi connectivity index (χ3v) is 2.31. The molecule has 0 bridgehead atoms. The van der Waals surface area contributed by atoms with Crippen LogP contribution in [-0.4, -0.2) is 0 Å². The van der Waals surface area contributed by atoms with E-state index in [1.807, 2.05) is 0 Å². The van der Waals surface area contributed by atoms with Crippen molar-refractivity contribution in [2.45, 2.75) is 32.1 Å². The van der Waals surface area contributed by atoms with Crippen LogP contribution in [-0.2, 0) is 12.4 Å². The normalized spacial score (nSPS) is 13.2. The second-order valence-corrected chi connectivity index (χ2v) is 3.95. The summed E-state index contributed by atoms with van der Waals surface area (Å²) in [6.45, 7) is 2.84. The van der Waals surface area contributed by atoms with Gasteiger partial charge in [-0.1, -0.05) is 13.8 Å². The van der Waals surface area contributed by atoms with Crippen molar-refractivity contribution in [3.8, 4) is 0 Å². The lowest BCUT2D eigenvalue weighted by Crippen LogP contribution is -2.13. The van der Waals surface area contributed by atoms with Crippen molar-refractivity contribution in [1.29, 1.82) is 0 Å². The molecule has 17 heavy (non-hydrogen) atoms. The molecule has 0 unspecified atom stereocenters. The maximum atomic E-state index is 12.6. The molecule has 1 aromatic rings. The van der Waals surface area contributed by atoms with Gasteiger partial charge in [0.15, 0.2) is 0 Å². The highest BCUT2D eigenvalue weighted by Gasteiger charge is 2.37. The summed E-state index contributed by atoms with van der Waals surface area (Å²) in [6, 6.07) is 1.50. The molecule has 0 atom stereocenters. The van der Waals surface area contributed by atoms with Crippen LogP contribution in [0.3, 0.4) is 0 Å². The van der Waals surface area contributed by atoms with Crippen LogP contribution in [0.4, 0.5) is 26.3 Å². The predicted molar refractivity (Wildman–Crippen MR) is 50.5 cm³/mol. The summed E-state index contributed by atoms with van der Waals surface area (Å²) in [4.78, 5) is 0. The van der Waals surface area contributed by atoms with Gasteiger partial charge in [0.2, 0.25) is 0 Å². The Morgan fingerprint density at radius 2 is 1.41 bits per heavy atom. The zero-order chi connectivity index (χ0) is 13.4. The summed E-state index contributed by atoms with van der Waals surface area (Å²) in [5.74, 6) is -0.631. The Bertz CT molecular complexity index is 399. The molecule has 0 nitrogen and oxygen atoms in total. The highest BCUT2D eigenvalue weighted by atomic mass is 19.4. The fourth-order valence-electron chi connectivity index (χ4n) is 1.47. The van der Waals surface area contributed by atoms with Gasteiger partial charge in [0.05, 0.1) is 11.1 Å². The Morgan fingerprint density at radius 3 is 1.76 bits per heavy atom. The van der Waals surface area contributed by atoms with Crippen LogP contribution in [0.2, 0.25) is 0 Å². The van der Waals surface area contributed by atoms with E-state index in [1.165, 1.54) is 13.8 Å². The van der Waals surface area contributed by atoms with Crippen LogP contribution in [0.15, 0.2) is 18.2 Å². The van der Waals surface area contributed by atoms with Gasteiger partial charge in [-0.2, -0.15) is 26.3 Å². The van der Waals surface area contributed by atoms with Crippen molar-refractivity contribution < 1.29 is 26.3 Å². The van der Waals surface area contributed by atoms with Gasteiger partial charge in [0, 0.05) is 0 Å². The molecule has 0 aliphatic carbocycles. The van der Waals surface area contributed by atoms with Crippen molar-refractivity contribution >= 4 is 0 Å².